The molecular weight excluding hydrogens is 271 g/mol. The third-order valence-corrected chi connectivity index (χ3v) is 2.83. The Labute approximate surface area is 117 Å². The summed E-state index contributed by atoms with van der Waals surface area (Å²) in [5.74, 6) is 1.02. The molecule has 1 N–H and O–H groups in total. The van der Waals surface area contributed by atoms with Crippen molar-refractivity contribution in [1.29, 1.82) is 0 Å². The lowest BCUT2D eigenvalue weighted by Crippen LogP contribution is -2.20. The number of methoxy groups -OCH3 is 1. The summed E-state index contributed by atoms with van der Waals surface area (Å²) in [6.07, 6.45) is -5.19. The van der Waals surface area contributed by atoms with Gasteiger partial charge in [0.2, 0.25) is 0 Å². The molecule has 114 valence electrons. The zero-order valence-corrected chi connectivity index (χ0v) is 11.9. The van der Waals surface area contributed by atoms with E-state index in [1.807, 2.05) is 13.8 Å². The van der Waals surface area contributed by atoms with Crippen molar-refractivity contribution in [3.8, 4) is 11.5 Å². The van der Waals surface area contributed by atoms with Crippen LogP contribution in [-0.2, 0) is 0 Å². The Morgan fingerprint density at radius 2 is 1.90 bits per heavy atom. The van der Waals surface area contributed by atoms with Gasteiger partial charge in [0.05, 0.1) is 25.7 Å². The van der Waals surface area contributed by atoms with Crippen LogP contribution in [-0.4, -0.2) is 26.4 Å². The molecule has 3 nitrogen and oxygen atoms in total. The fourth-order valence-electron chi connectivity index (χ4n) is 1.94. The molecule has 1 aromatic carbocycles. The normalized spacial score (nSPS) is 13.1. The van der Waals surface area contributed by atoms with Gasteiger partial charge >= 0.3 is 6.18 Å². The summed E-state index contributed by atoms with van der Waals surface area (Å²) >= 11 is 0. The van der Waals surface area contributed by atoms with Gasteiger partial charge in [0.15, 0.2) is 0 Å². The summed E-state index contributed by atoms with van der Waals surface area (Å²) in [5, 5.41) is 3.20. The van der Waals surface area contributed by atoms with Crippen LogP contribution < -0.4 is 14.8 Å². The Morgan fingerprint density at radius 3 is 2.45 bits per heavy atom. The van der Waals surface area contributed by atoms with Crippen molar-refractivity contribution in [3.63, 3.8) is 0 Å². The fraction of sp³-hybridized carbons (Fsp3) is 0.571. The molecule has 1 aromatic rings. The van der Waals surface area contributed by atoms with Crippen LogP contribution in [0.15, 0.2) is 18.2 Å². The van der Waals surface area contributed by atoms with Crippen molar-refractivity contribution in [2.24, 2.45) is 0 Å². The number of hydrogen-bond acceptors (Lipinski definition) is 3. The molecule has 1 rings (SSSR count). The molecule has 6 heteroatoms. The van der Waals surface area contributed by atoms with E-state index in [4.69, 9.17) is 9.47 Å². The number of halogens is 3. The number of rotatable bonds is 7. The average molecular weight is 291 g/mol. The van der Waals surface area contributed by atoms with Crippen molar-refractivity contribution in [3.05, 3.63) is 23.8 Å². The maximum atomic E-state index is 12.2. The average Bonchev–Trinajstić information content (AvgIpc) is 2.37. The summed E-state index contributed by atoms with van der Waals surface area (Å²) in [6.45, 7) is 4.21. The van der Waals surface area contributed by atoms with Crippen LogP contribution in [0.4, 0.5) is 13.2 Å². The quantitative estimate of drug-likeness (QED) is 0.831. The molecule has 0 aliphatic carbocycles. The smallest absolute Gasteiger partial charge is 0.392 e. The van der Waals surface area contributed by atoms with E-state index in [1.165, 1.54) is 7.11 Å². The third-order valence-electron chi connectivity index (χ3n) is 2.83. The van der Waals surface area contributed by atoms with Gasteiger partial charge in [0, 0.05) is 6.04 Å². The topological polar surface area (TPSA) is 30.5 Å². The number of alkyl halides is 3. The zero-order chi connectivity index (χ0) is 15.2. The molecule has 0 aromatic heterocycles. The first-order chi connectivity index (χ1) is 9.39. The minimum Gasteiger partial charge on any atom is -0.496 e. The molecular formula is C14H20F3NO2. The lowest BCUT2D eigenvalue weighted by molar-refractivity contribution is -0.139. The van der Waals surface area contributed by atoms with E-state index in [0.717, 1.165) is 12.1 Å². The minimum atomic E-state index is -4.22. The third kappa shape index (κ3) is 4.92. The van der Waals surface area contributed by atoms with E-state index in [-0.39, 0.29) is 6.04 Å². The number of nitrogens with one attached hydrogen (secondary N) is 1. The van der Waals surface area contributed by atoms with Crippen molar-refractivity contribution in [1.82, 2.24) is 5.32 Å². The molecule has 0 amide bonds. The van der Waals surface area contributed by atoms with E-state index in [1.54, 1.807) is 18.2 Å². The van der Waals surface area contributed by atoms with Crippen LogP contribution in [0.25, 0.3) is 0 Å². The molecule has 0 aliphatic rings. The van der Waals surface area contributed by atoms with Crippen molar-refractivity contribution in [2.75, 3.05) is 20.3 Å². The number of hydrogen-bond donors (Lipinski definition) is 1. The summed E-state index contributed by atoms with van der Waals surface area (Å²) in [7, 11) is 1.52. The fourth-order valence-corrected chi connectivity index (χ4v) is 1.94. The Morgan fingerprint density at radius 1 is 1.25 bits per heavy atom. The largest absolute Gasteiger partial charge is 0.496 e. The van der Waals surface area contributed by atoms with Crippen LogP contribution >= 0.6 is 0 Å². The van der Waals surface area contributed by atoms with Gasteiger partial charge in [0.25, 0.3) is 0 Å². The first-order valence-corrected chi connectivity index (χ1v) is 6.49. The second-order valence-electron chi connectivity index (χ2n) is 4.37. The second kappa shape index (κ2) is 7.38. The number of ether oxygens (including phenoxy) is 2. The lowest BCUT2D eigenvalue weighted by atomic mass is 10.1. The van der Waals surface area contributed by atoms with Crippen molar-refractivity contribution < 1.29 is 22.6 Å². The van der Waals surface area contributed by atoms with E-state index in [0.29, 0.717) is 11.5 Å². The monoisotopic (exact) mass is 291 g/mol. The highest BCUT2D eigenvalue weighted by molar-refractivity contribution is 5.46. The molecule has 0 fully saturated rings. The molecule has 0 saturated carbocycles. The molecule has 20 heavy (non-hydrogen) atoms. The SMILES string of the molecule is CCNC(C)c1c(OC)cccc1OCCC(F)(F)F. The lowest BCUT2D eigenvalue weighted by Gasteiger charge is -2.20. The number of benzene rings is 1. The summed E-state index contributed by atoms with van der Waals surface area (Å²) in [6, 6.07) is 5.04. The van der Waals surface area contributed by atoms with E-state index >= 15 is 0 Å². The van der Waals surface area contributed by atoms with E-state index in [2.05, 4.69) is 5.32 Å². The molecule has 0 saturated heterocycles. The highest BCUT2D eigenvalue weighted by Crippen LogP contribution is 2.34. The predicted octanol–water partition coefficient (Wildman–Crippen LogP) is 3.70. The Hall–Kier alpha value is -1.43. The Kier molecular flexibility index (Phi) is 6.13. The van der Waals surface area contributed by atoms with E-state index < -0.39 is 19.2 Å². The molecule has 0 spiro atoms. The predicted molar refractivity (Wildman–Crippen MR) is 71.3 cm³/mol. The molecule has 0 aliphatic heterocycles. The Bertz CT molecular complexity index is 421. The van der Waals surface area contributed by atoms with Gasteiger partial charge < -0.3 is 14.8 Å². The standard InChI is InChI=1S/C14H20F3NO2/c1-4-18-10(2)13-11(19-3)6-5-7-12(13)20-9-8-14(15,16)17/h5-7,10,18H,4,8-9H2,1-3H3. The van der Waals surface area contributed by atoms with Gasteiger partial charge in [-0.05, 0) is 25.6 Å². The summed E-state index contributed by atoms with van der Waals surface area (Å²) < 4.78 is 47.0. The van der Waals surface area contributed by atoms with Crippen LogP contribution in [0.5, 0.6) is 11.5 Å². The summed E-state index contributed by atoms with van der Waals surface area (Å²) in [4.78, 5) is 0. The zero-order valence-electron chi connectivity index (χ0n) is 11.9. The van der Waals surface area contributed by atoms with Crippen LogP contribution in [0.2, 0.25) is 0 Å². The molecule has 0 heterocycles. The van der Waals surface area contributed by atoms with Gasteiger partial charge in [-0.1, -0.05) is 13.0 Å². The van der Waals surface area contributed by atoms with Gasteiger partial charge in [-0.3, -0.25) is 0 Å². The van der Waals surface area contributed by atoms with Crippen molar-refractivity contribution in [2.45, 2.75) is 32.5 Å². The Balaban J connectivity index is 2.88. The first-order valence-electron chi connectivity index (χ1n) is 6.49. The van der Waals surface area contributed by atoms with Gasteiger partial charge in [0.1, 0.15) is 11.5 Å². The van der Waals surface area contributed by atoms with Crippen molar-refractivity contribution >= 4 is 0 Å². The van der Waals surface area contributed by atoms with E-state index in [9.17, 15) is 13.2 Å². The molecule has 1 unspecified atom stereocenters. The molecule has 0 bridgehead atoms. The second-order valence-corrected chi connectivity index (χ2v) is 4.37. The molecule has 1 atom stereocenters. The van der Waals surface area contributed by atoms with Gasteiger partial charge in [-0.15, -0.1) is 0 Å². The summed E-state index contributed by atoms with van der Waals surface area (Å²) in [5.41, 5.74) is 0.735. The van der Waals surface area contributed by atoms with Crippen LogP contribution in [0.3, 0.4) is 0 Å². The highest BCUT2D eigenvalue weighted by Gasteiger charge is 2.27. The minimum absolute atomic E-state index is 0.0722. The molecule has 0 radical (unpaired) electrons. The van der Waals surface area contributed by atoms with Gasteiger partial charge in [-0.2, -0.15) is 13.2 Å². The van der Waals surface area contributed by atoms with Crippen LogP contribution in [0.1, 0.15) is 31.9 Å². The van der Waals surface area contributed by atoms with Gasteiger partial charge in [-0.25, -0.2) is 0 Å². The maximum absolute atomic E-state index is 12.2. The van der Waals surface area contributed by atoms with Crippen LogP contribution in [0, 0.1) is 0 Å². The first kappa shape index (κ1) is 16.6. The highest BCUT2D eigenvalue weighted by atomic mass is 19.4. The maximum Gasteiger partial charge on any atom is 0.392 e.